The summed E-state index contributed by atoms with van der Waals surface area (Å²) in [5, 5.41) is 6.59. The fourth-order valence-electron chi connectivity index (χ4n) is 3.00. The van der Waals surface area contributed by atoms with Gasteiger partial charge in [-0.15, -0.1) is 0 Å². The molecule has 2 heterocycles. The summed E-state index contributed by atoms with van der Waals surface area (Å²) in [7, 11) is 1.70. The molecule has 1 fully saturated rings. The molecule has 1 aromatic heterocycles. The van der Waals surface area contributed by atoms with Crippen molar-refractivity contribution in [3.05, 3.63) is 52.9 Å². The zero-order chi connectivity index (χ0) is 18.0. The lowest BCUT2D eigenvalue weighted by molar-refractivity contribution is -0.162. The predicted octanol–water partition coefficient (Wildman–Crippen LogP) is 1.51. The molecule has 2 atom stereocenters. The Labute approximate surface area is 145 Å². The Morgan fingerprint density at radius 2 is 2.12 bits per heavy atom. The first kappa shape index (κ1) is 17.2. The molecule has 2 aromatic rings. The number of nitrogens with one attached hydrogen (secondary N) is 1. The van der Waals surface area contributed by atoms with E-state index in [4.69, 9.17) is 9.26 Å². The van der Waals surface area contributed by atoms with E-state index in [1.807, 2.05) is 38.1 Å². The third kappa shape index (κ3) is 3.56. The second kappa shape index (κ2) is 7.06. The molecule has 1 aliphatic heterocycles. The van der Waals surface area contributed by atoms with E-state index in [1.165, 1.54) is 0 Å². The molecular weight excluding hydrogens is 322 g/mol. The molecule has 7 heteroatoms. The lowest BCUT2D eigenvalue weighted by Crippen LogP contribution is -2.53. The van der Waals surface area contributed by atoms with Crippen LogP contribution >= 0.6 is 0 Å². The van der Waals surface area contributed by atoms with Crippen LogP contribution in [0.15, 0.2) is 34.9 Å². The van der Waals surface area contributed by atoms with Gasteiger partial charge in [-0.25, -0.2) is 0 Å². The van der Waals surface area contributed by atoms with E-state index in [0.29, 0.717) is 5.76 Å². The summed E-state index contributed by atoms with van der Waals surface area (Å²) in [6.07, 6.45) is -0.784. The zero-order valence-electron chi connectivity index (χ0n) is 14.5. The molecule has 7 nitrogen and oxygen atoms in total. The molecule has 2 amide bonds. The minimum absolute atomic E-state index is 0.113. The number of nitrogens with zero attached hydrogens (tertiary/aromatic N) is 2. The average molecular weight is 343 g/mol. The first-order chi connectivity index (χ1) is 12.0. The number of rotatable bonds is 4. The number of amides is 2. The summed E-state index contributed by atoms with van der Waals surface area (Å²) in [5.41, 5.74) is 2.65. The van der Waals surface area contributed by atoms with Gasteiger partial charge in [0.05, 0.1) is 18.3 Å². The van der Waals surface area contributed by atoms with Gasteiger partial charge in [0.1, 0.15) is 6.61 Å². The Morgan fingerprint density at radius 3 is 2.80 bits per heavy atom. The summed E-state index contributed by atoms with van der Waals surface area (Å²) < 4.78 is 10.7. The van der Waals surface area contributed by atoms with E-state index < -0.39 is 12.1 Å². The van der Waals surface area contributed by atoms with Gasteiger partial charge in [0.15, 0.2) is 11.9 Å². The number of benzene rings is 1. The van der Waals surface area contributed by atoms with Crippen molar-refractivity contribution < 1.29 is 18.8 Å². The van der Waals surface area contributed by atoms with Crippen molar-refractivity contribution in [3.8, 4) is 0 Å². The highest BCUT2D eigenvalue weighted by Crippen LogP contribution is 2.31. The molecule has 0 aliphatic carbocycles. The Balaban J connectivity index is 1.80. The van der Waals surface area contributed by atoms with Crippen LogP contribution in [0, 0.1) is 13.8 Å². The SMILES string of the molecule is Cc1cc(CNC(=O)C2OCC(=O)N(C)C2c2ccccc2C)on1. The van der Waals surface area contributed by atoms with Crippen molar-refractivity contribution in [2.45, 2.75) is 32.5 Å². The third-order valence-electron chi connectivity index (χ3n) is 4.36. The second-order valence-corrected chi connectivity index (χ2v) is 6.19. The molecule has 0 spiro atoms. The van der Waals surface area contributed by atoms with Gasteiger partial charge < -0.3 is 19.5 Å². The normalized spacial score (nSPS) is 20.6. The number of aromatic nitrogens is 1. The molecule has 132 valence electrons. The number of carbonyl (C=O) groups is 2. The predicted molar refractivity (Wildman–Crippen MR) is 89.5 cm³/mol. The maximum absolute atomic E-state index is 12.7. The Kier molecular flexibility index (Phi) is 4.85. The molecule has 0 radical (unpaired) electrons. The number of likely N-dealkylation sites (N-methyl/N-ethyl adjacent to an activating group) is 1. The Bertz CT molecular complexity index is 786. The molecular formula is C18H21N3O4. The lowest BCUT2D eigenvalue weighted by atomic mass is 9.94. The number of ether oxygens (including phenoxy) is 1. The van der Waals surface area contributed by atoms with E-state index in [1.54, 1.807) is 18.0 Å². The van der Waals surface area contributed by atoms with E-state index >= 15 is 0 Å². The van der Waals surface area contributed by atoms with Crippen molar-refractivity contribution in [2.75, 3.05) is 13.7 Å². The standard InChI is InChI=1S/C18H21N3O4/c1-11-6-4-5-7-14(11)16-17(24-10-15(22)21(16)3)18(23)19-9-13-8-12(2)20-25-13/h4-8,16-17H,9-10H2,1-3H3,(H,19,23). The van der Waals surface area contributed by atoms with Crippen molar-refractivity contribution in [2.24, 2.45) is 0 Å². The van der Waals surface area contributed by atoms with Crippen molar-refractivity contribution in [1.29, 1.82) is 0 Å². The minimum atomic E-state index is -0.784. The van der Waals surface area contributed by atoms with Crippen LogP contribution < -0.4 is 5.32 Å². The van der Waals surface area contributed by atoms with Crippen LogP contribution in [0.5, 0.6) is 0 Å². The molecule has 2 unspecified atom stereocenters. The van der Waals surface area contributed by atoms with Gasteiger partial charge in [0.2, 0.25) is 5.91 Å². The highest BCUT2D eigenvalue weighted by atomic mass is 16.5. The maximum atomic E-state index is 12.7. The quantitative estimate of drug-likeness (QED) is 0.909. The van der Waals surface area contributed by atoms with E-state index in [0.717, 1.165) is 16.8 Å². The van der Waals surface area contributed by atoms with Crippen molar-refractivity contribution in [3.63, 3.8) is 0 Å². The van der Waals surface area contributed by atoms with Crippen LogP contribution in [-0.2, 0) is 20.9 Å². The van der Waals surface area contributed by atoms with Crippen LogP contribution in [0.2, 0.25) is 0 Å². The van der Waals surface area contributed by atoms with Crippen molar-refractivity contribution >= 4 is 11.8 Å². The van der Waals surface area contributed by atoms with Gasteiger partial charge in [-0.2, -0.15) is 0 Å². The third-order valence-corrected chi connectivity index (χ3v) is 4.36. The lowest BCUT2D eigenvalue weighted by Gasteiger charge is -2.38. The second-order valence-electron chi connectivity index (χ2n) is 6.19. The number of hydrogen-bond acceptors (Lipinski definition) is 5. The maximum Gasteiger partial charge on any atom is 0.252 e. The number of carbonyl (C=O) groups excluding carboxylic acids is 2. The molecule has 0 bridgehead atoms. The van der Waals surface area contributed by atoms with Crippen LogP contribution in [0.3, 0.4) is 0 Å². The summed E-state index contributed by atoms with van der Waals surface area (Å²) in [6.45, 7) is 3.87. The van der Waals surface area contributed by atoms with Gasteiger partial charge in [0, 0.05) is 13.1 Å². The number of hydrogen-bond donors (Lipinski definition) is 1. The minimum Gasteiger partial charge on any atom is -0.359 e. The fraction of sp³-hybridized carbons (Fsp3) is 0.389. The zero-order valence-corrected chi connectivity index (χ0v) is 14.5. The first-order valence-corrected chi connectivity index (χ1v) is 8.10. The molecule has 1 aliphatic rings. The Morgan fingerprint density at radius 1 is 1.36 bits per heavy atom. The summed E-state index contributed by atoms with van der Waals surface area (Å²) >= 11 is 0. The average Bonchev–Trinajstić information content (AvgIpc) is 3.01. The van der Waals surface area contributed by atoms with E-state index in [-0.39, 0.29) is 25.0 Å². The summed E-state index contributed by atoms with van der Waals surface area (Å²) in [5.74, 6) is 0.128. The van der Waals surface area contributed by atoms with E-state index in [2.05, 4.69) is 10.5 Å². The molecule has 1 aromatic carbocycles. The molecule has 0 saturated carbocycles. The molecule has 1 N–H and O–H groups in total. The smallest absolute Gasteiger partial charge is 0.252 e. The largest absolute Gasteiger partial charge is 0.359 e. The Hall–Kier alpha value is -2.67. The van der Waals surface area contributed by atoms with E-state index in [9.17, 15) is 9.59 Å². The number of aryl methyl sites for hydroxylation is 2. The van der Waals surface area contributed by atoms with Gasteiger partial charge in [0.25, 0.3) is 5.91 Å². The van der Waals surface area contributed by atoms with Gasteiger partial charge in [-0.3, -0.25) is 9.59 Å². The first-order valence-electron chi connectivity index (χ1n) is 8.10. The monoisotopic (exact) mass is 343 g/mol. The molecule has 3 rings (SSSR count). The topological polar surface area (TPSA) is 84.7 Å². The molecule has 1 saturated heterocycles. The van der Waals surface area contributed by atoms with Crippen LogP contribution in [0.1, 0.15) is 28.6 Å². The highest BCUT2D eigenvalue weighted by Gasteiger charge is 2.40. The van der Waals surface area contributed by atoms with Crippen molar-refractivity contribution in [1.82, 2.24) is 15.4 Å². The number of morpholine rings is 1. The fourth-order valence-corrected chi connectivity index (χ4v) is 3.00. The summed E-state index contributed by atoms with van der Waals surface area (Å²) in [4.78, 5) is 26.4. The van der Waals surface area contributed by atoms with Gasteiger partial charge in [-0.1, -0.05) is 29.4 Å². The van der Waals surface area contributed by atoms with Gasteiger partial charge >= 0.3 is 0 Å². The van der Waals surface area contributed by atoms with Crippen LogP contribution in [-0.4, -0.2) is 41.6 Å². The van der Waals surface area contributed by atoms with Crippen LogP contribution in [0.4, 0.5) is 0 Å². The molecule has 25 heavy (non-hydrogen) atoms. The summed E-state index contributed by atoms with van der Waals surface area (Å²) in [6, 6.07) is 8.97. The highest BCUT2D eigenvalue weighted by molar-refractivity contribution is 5.86. The van der Waals surface area contributed by atoms with Crippen LogP contribution in [0.25, 0.3) is 0 Å². The van der Waals surface area contributed by atoms with Gasteiger partial charge in [-0.05, 0) is 25.0 Å².